The Hall–Kier alpha value is -2.97. The first-order valence-corrected chi connectivity index (χ1v) is 7.99. The maximum atomic E-state index is 14.5. The van der Waals surface area contributed by atoms with Gasteiger partial charge in [-0.15, -0.1) is 0 Å². The molecule has 0 aliphatic heterocycles. The van der Waals surface area contributed by atoms with E-state index in [1.54, 1.807) is 31.3 Å². The number of nitrogens with one attached hydrogen (secondary N) is 1. The molecule has 0 spiro atoms. The van der Waals surface area contributed by atoms with Crippen LogP contribution in [0.3, 0.4) is 0 Å². The summed E-state index contributed by atoms with van der Waals surface area (Å²) in [4.78, 5) is 8.33. The van der Waals surface area contributed by atoms with Gasteiger partial charge in [-0.1, -0.05) is 12.1 Å². The molecule has 3 rings (SSSR count). The highest BCUT2D eigenvalue weighted by molar-refractivity contribution is 5.93. The summed E-state index contributed by atoms with van der Waals surface area (Å²) in [5.74, 6) is 0.467. The lowest BCUT2D eigenvalue weighted by Gasteiger charge is -2.15. The highest BCUT2D eigenvalue weighted by Crippen LogP contribution is 2.35. The number of aliphatic hydroxyl groups is 2. The van der Waals surface area contributed by atoms with Gasteiger partial charge in [-0.25, -0.2) is 9.37 Å². The fourth-order valence-corrected chi connectivity index (χ4v) is 2.64. The molecule has 3 aromatic rings. The van der Waals surface area contributed by atoms with Crippen molar-refractivity contribution in [1.82, 2.24) is 9.97 Å². The first-order valence-electron chi connectivity index (χ1n) is 7.99. The molecule has 0 saturated heterocycles. The van der Waals surface area contributed by atoms with Crippen LogP contribution in [0, 0.1) is 5.82 Å². The zero-order valence-corrected chi connectivity index (χ0v) is 14.1. The monoisotopic (exact) mass is 358 g/mol. The second-order valence-corrected chi connectivity index (χ2v) is 5.67. The van der Waals surface area contributed by atoms with Crippen LogP contribution in [0.1, 0.15) is 0 Å². The second kappa shape index (κ2) is 7.51. The molecular weight excluding hydrogens is 339 g/mol. The van der Waals surface area contributed by atoms with Gasteiger partial charge in [-0.2, -0.15) is 4.98 Å². The molecule has 2 aromatic carbocycles. The average molecular weight is 358 g/mol. The maximum absolute atomic E-state index is 14.5. The van der Waals surface area contributed by atoms with Crippen LogP contribution in [0.2, 0.25) is 0 Å². The number of halogens is 1. The predicted octanol–water partition coefficient (Wildman–Crippen LogP) is 1.79. The fraction of sp³-hybridized carbons (Fsp3) is 0.222. The number of hydrogen-bond acceptors (Lipinski definition) is 7. The zero-order chi connectivity index (χ0) is 18.7. The van der Waals surface area contributed by atoms with E-state index in [1.165, 1.54) is 12.1 Å². The molecule has 0 aliphatic rings. The summed E-state index contributed by atoms with van der Waals surface area (Å²) in [6.45, 7) is -0.594. The standard InChI is InChI=1S/C18H19FN4O3/c1-21-17-12-6-5-10(7-14(12)22-18(20)23-17)16-13(19)3-2-4-15(16)26-9-11(25)8-24/h2-7,11,24-25H,8-9H2,1H3,(H3,20,21,22,23). The Morgan fingerprint density at radius 2 is 2.08 bits per heavy atom. The van der Waals surface area contributed by atoms with Crippen LogP contribution in [0.15, 0.2) is 36.4 Å². The van der Waals surface area contributed by atoms with Crippen molar-refractivity contribution in [1.29, 1.82) is 0 Å². The average Bonchev–Trinajstić information content (AvgIpc) is 2.64. The zero-order valence-electron chi connectivity index (χ0n) is 14.1. The number of hydrogen-bond donors (Lipinski definition) is 4. The molecule has 5 N–H and O–H groups in total. The van der Waals surface area contributed by atoms with Gasteiger partial charge in [-0.05, 0) is 29.8 Å². The molecule has 1 heterocycles. The first kappa shape index (κ1) is 17.8. The van der Waals surface area contributed by atoms with Crippen LogP contribution in [-0.2, 0) is 0 Å². The third kappa shape index (κ3) is 3.51. The summed E-state index contributed by atoms with van der Waals surface area (Å²) >= 11 is 0. The Morgan fingerprint density at radius 1 is 1.27 bits per heavy atom. The van der Waals surface area contributed by atoms with Gasteiger partial charge in [0.05, 0.1) is 17.7 Å². The molecular formula is C18H19FN4O3. The molecule has 0 amide bonds. The third-order valence-electron chi connectivity index (χ3n) is 3.86. The van der Waals surface area contributed by atoms with Crippen LogP contribution < -0.4 is 15.8 Å². The molecule has 0 aliphatic carbocycles. The van der Waals surface area contributed by atoms with Crippen molar-refractivity contribution in [2.75, 3.05) is 31.3 Å². The summed E-state index contributed by atoms with van der Waals surface area (Å²) in [6, 6.07) is 9.63. The summed E-state index contributed by atoms with van der Waals surface area (Å²) in [5, 5.41) is 22.1. The van der Waals surface area contributed by atoms with E-state index in [4.69, 9.17) is 15.6 Å². The van der Waals surface area contributed by atoms with E-state index in [-0.39, 0.29) is 23.9 Å². The smallest absolute Gasteiger partial charge is 0.222 e. The van der Waals surface area contributed by atoms with Gasteiger partial charge in [0.2, 0.25) is 5.95 Å². The molecule has 0 fully saturated rings. The summed E-state index contributed by atoms with van der Waals surface area (Å²) in [6.07, 6.45) is -1.05. The predicted molar refractivity (Wildman–Crippen MR) is 97.5 cm³/mol. The lowest BCUT2D eigenvalue weighted by atomic mass is 10.0. The number of rotatable bonds is 6. The minimum Gasteiger partial charge on any atom is -0.490 e. The molecule has 1 aromatic heterocycles. The Bertz CT molecular complexity index is 936. The van der Waals surface area contributed by atoms with Gasteiger partial charge < -0.3 is 26.0 Å². The number of nitrogens with two attached hydrogens (primary N) is 1. The van der Waals surface area contributed by atoms with Gasteiger partial charge in [-0.3, -0.25) is 0 Å². The molecule has 0 saturated carbocycles. The first-order chi connectivity index (χ1) is 12.5. The van der Waals surface area contributed by atoms with Gasteiger partial charge >= 0.3 is 0 Å². The number of nitrogen functional groups attached to an aromatic ring is 1. The lowest BCUT2D eigenvalue weighted by Crippen LogP contribution is -2.21. The fourth-order valence-electron chi connectivity index (χ4n) is 2.64. The molecule has 1 atom stereocenters. The van der Waals surface area contributed by atoms with Crippen LogP contribution >= 0.6 is 0 Å². The highest BCUT2D eigenvalue weighted by atomic mass is 19.1. The van der Waals surface area contributed by atoms with Crippen molar-refractivity contribution in [3.8, 4) is 16.9 Å². The van der Waals surface area contributed by atoms with E-state index >= 15 is 0 Å². The number of nitrogens with zero attached hydrogens (tertiary/aromatic N) is 2. The second-order valence-electron chi connectivity index (χ2n) is 5.67. The number of ether oxygens (including phenoxy) is 1. The molecule has 26 heavy (non-hydrogen) atoms. The molecule has 0 bridgehead atoms. The lowest BCUT2D eigenvalue weighted by molar-refractivity contribution is 0.0537. The van der Waals surface area contributed by atoms with Gasteiger partial charge in [0.1, 0.15) is 30.1 Å². The van der Waals surface area contributed by atoms with E-state index in [2.05, 4.69) is 15.3 Å². The third-order valence-corrected chi connectivity index (χ3v) is 3.86. The molecule has 136 valence electrons. The normalized spacial score (nSPS) is 12.2. The highest BCUT2D eigenvalue weighted by Gasteiger charge is 2.15. The Kier molecular flexibility index (Phi) is 5.15. The van der Waals surface area contributed by atoms with Crippen LogP contribution in [0.4, 0.5) is 16.2 Å². The van der Waals surface area contributed by atoms with E-state index < -0.39 is 18.5 Å². The number of anilines is 2. The van der Waals surface area contributed by atoms with Crippen LogP contribution in [-0.4, -0.2) is 46.5 Å². The van der Waals surface area contributed by atoms with Crippen LogP contribution in [0.25, 0.3) is 22.0 Å². The van der Waals surface area contributed by atoms with Gasteiger partial charge in [0, 0.05) is 12.4 Å². The van der Waals surface area contributed by atoms with E-state index in [0.717, 1.165) is 5.39 Å². The number of fused-ring (bicyclic) bond motifs is 1. The minimum atomic E-state index is -1.05. The van der Waals surface area contributed by atoms with Crippen molar-refractivity contribution in [3.63, 3.8) is 0 Å². The topological polar surface area (TPSA) is 114 Å². The Labute approximate surface area is 149 Å². The Balaban J connectivity index is 2.08. The minimum absolute atomic E-state index is 0.107. The van der Waals surface area contributed by atoms with E-state index in [9.17, 15) is 9.50 Å². The van der Waals surface area contributed by atoms with Crippen LogP contribution in [0.5, 0.6) is 5.75 Å². The van der Waals surface area contributed by atoms with E-state index in [0.29, 0.717) is 16.9 Å². The van der Waals surface area contributed by atoms with Gasteiger partial charge in [0.15, 0.2) is 0 Å². The SMILES string of the molecule is CNc1nc(N)nc2cc(-c3c(F)cccc3OCC(O)CO)ccc12. The summed E-state index contributed by atoms with van der Waals surface area (Å²) in [7, 11) is 1.73. The van der Waals surface area contributed by atoms with Gasteiger partial charge in [0.25, 0.3) is 0 Å². The van der Waals surface area contributed by atoms with Crippen molar-refractivity contribution >= 4 is 22.7 Å². The quantitative estimate of drug-likeness (QED) is 0.531. The summed E-state index contributed by atoms with van der Waals surface area (Å²) in [5.41, 5.74) is 7.08. The van der Waals surface area contributed by atoms with Crippen molar-refractivity contribution in [2.45, 2.75) is 6.10 Å². The largest absolute Gasteiger partial charge is 0.490 e. The van der Waals surface area contributed by atoms with Crippen molar-refractivity contribution in [2.24, 2.45) is 0 Å². The van der Waals surface area contributed by atoms with E-state index in [1.807, 2.05) is 0 Å². The molecule has 7 nitrogen and oxygen atoms in total. The molecule has 8 heteroatoms. The Morgan fingerprint density at radius 3 is 2.81 bits per heavy atom. The molecule has 1 unspecified atom stereocenters. The number of benzene rings is 2. The summed E-state index contributed by atoms with van der Waals surface area (Å²) < 4.78 is 20.0. The number of aliphatic hydroxyl groups excluding tert-OH is 2. The van der Waals surface area contributed by atoms with Crippen molar-refractivity contribution < 1.29 is 19.3 Å². The number of aromatic nitrogens is 2. The van der Waals surface area contributed by atoms with Crippen molar-refractivity contribution in [3.05, 3.63) is 42.2 Å². The maximum Gasteiger partial charge on any atom is 0.222 e. The molecule has 0 radical (unpaired) electrons.